The Morgan fingerprint density at radius 2 is 2.00 bits per heavy atom. The van der Waals surface area contributed by atoms with Crippen LogP contribution in [0.4, 0.5) is 0 Å². The highest BCUT2D eigenvalue weighted by atomic mass is 16.3. The van der Waals surface area contributed by atoms with Gasteiger partial charge < -0.3 is 14.6 Å². The highest BCUT2D eigenvalue weighted by Crippen LogP contribution is 2.20. The lowest BCUT2D eigenvalue weighted by molar-refractivity contribution is -0.131. The minimum atomic E-state index is 0.0192. The van der Waals surface area contributed by atoms with E-state index in [0.29, 0.717) is 6.54 Å². The molecule has 0 aliphatic heterocycles. The highest BCUT2D eigenvalue weighted by Gasteiger charge is 2.12. The molecular formula is C15H20N2O2. The van der Waals surface area contributed by atoms with Crippen molar-refractivity contribution in [3.63, 3.8) is 0 Å². The van der Waals surface area contributed by atoms with E-state index < -0.39 is 0 Å². The van der Waals surface area contributed by atoms with E-state index in [4.69, 9.17) is 0 Å². The highest BCUT2D eigenvalue weighted by molar-refractivity contribution is 5.85. The summed E-state index contributed by atoms with van der Waals surface area (Å²) in [4.78, 5) is 13.9. The van der Waals surface area contributed by atoms with Crippen molar-refractivity contribution in [2.75, 3.05) is 13.1 Å². The predicted octanol–water partition coefficient (Wildman–Crippen LogP) is 2.00. The molecule has 0 spiro atoms. The monoisotopic (exact) mass is 260 g/mol. The number of hydrogen-bond acceptors (Lipinski definition) is 2. The molecule has 1 amide bonds. The minimum Gasteiger partial charge on any atom is -0.392 e. The first kappa shape index (κ1) is 13.6. The lowest BCUT2D eigenvalue weighted by atomic mass is 10.1. The first-order valence-electron chi connectivity index (χ1n) is 6.66. The molecule has 0 bridgehead atoms. The number of fused-ring (bicyclic) bond motifs is 1. The van der Waals surface area contributed by atoms with Crippen LogP contribution in [0.1, 0.15) is 19.4 Å². The smallest absolute Gasteiger partial charge is 0.242 e. The number of hydrogen-bond donors (Lipinski definition) is 1. The minimum absolute atomic E-state index is 0.0192. The molecule has 1 heterocycles. The average molecular weight is 260 g/mol. The molecule has 2 rings (SSSR count). The van der Waals surface area contributed by atoms with Crippen LogP contribution in [0.3, 0.4) is 0 Å². The van der Waals surface area contributed by atoms with Crippen molar-refractivity contribution in [1.82, 2.24) is 9.47 Å². The van der Waals surface area contributed by atoms with Gasteiger partial charge in [0.1, 0.15) is 6.54 Å². The van der Waals surface area contributed by atoms with Gasteiger partial charge in [-0.25, -0.2) is 0 Å². The molecule has 0 radical (unpaired) electrons. The van der Waals surface area contributed by atoms with Crippen molar-refractivity contribution in [3.8, 4) is 0 Å². The first-order chi connectivity index (χ1) is 9.21. The number of amides is 1. The fraction of sp³-hybridized carbons (Fsp3) is 0.400. The summed E-state index contributed by atoms with van der Waals surface area (Å²) >= 11 is 0. The molecule has 0 aliphatic carbocycles. The largest absolute Gasteiger partial charge is 0.392 e. The standard InChI is InChI=1S/C15H20N2O2/c1-3-16(4-2)15(19)10-17-9-8-13-12(11-18)6-5-7-14(13)17/h5-9,18H,3-4,10-11H2,1-2H3. The van der Waals surface area contributed by atoms with E-state index in [2.05, 4.69) is 0 Å². The van der Waals surface area contributed by atoms with Crippen LogP contribution < -0.4 is 0 Å². The molecule has 19 heavy (non-hydrogen) atoms. The topological polar surface area (TPSA) is 45.5 Å². The Morgan fingerprint density at radius 1 is 1.26 bits per heavy atom. The molecule has 0 saturated carbocycles. The van der Waals surface area contributed by atoms with Crippen molar-refractivity contribution >= 4 is 16.8 Å². The second kappa shape index (κ2) is 5.89. The normalized spacial score (nSPS) is 10.9. The number of benzene rings is 1. The summed E-state index contributed by atoms with van der Waals surface area (Å²) in [7, 11) is 0. The molecule has 1 N–H and O–H groups in total. The molecule has 102 valence electrons. The van der Waals surface area contributed by atoms with Gasteiger partial charge in [-0.15, -0.1) is 0 Å². The molecule has 1 aromatic heterocycles. The van der Waals surface area contributed by atoms with Crippen LogP contribution in [-0.4, -0.2) is 33.6 Å². The SMILES string of the molecule is CCN(CC)C(=O)Cn1ccc2c(CO)cccc21. The lowest BCUT2D eigenvalue weighted by Gasteiger charge is -2.19. The number of nitrogens with zero attached hydrogens (tertiary/aromatic N) is 2. The Kier molecular flexibility index (Phi) is 4.22. The second-order valence-electron chi connectivity index (χ2n) is 4.52. The zero-order valence-electron chi connectivity index (χ0n) is 11.5. The third-order valence-electron chi connectivity index (χ3n) is 3.50. The van der Waals surface area contributed by atoms with Gasteiger partial charge in [-0.1, -0.05) is 12.1 Å². The van der Waals surface area contributed by atoms with E-state index >= 15 is 0 Å². The number of aromatic nitrogens is 1. The molecule has 0 unspecified atom stereocenters. The fourth-order valence-electron chi connectivity index (χ4n) is 2.38. The average Bonchev–Trinajstić information content (AvgIpc) is 2.83. The summed E-state index contributed by atoms with van der Waals surface area (Å²) < 4.78 is 1.94. The number of likely N-dealkylation sites (N-methyl/N-ethyl adjacent to an activating group) is 1. The summed E-state index contributed by atoms with van der Waals surface area (Å²) in [5.74, 6) is 0.122. The molecule has 0 aliphatic rings. The molecule has 0 atom stereocenters. The molecule has 4 nitrogen and oxygen atoms in total. The second-order valence-corrected chi connectivity index (χ2v) is 4.52. The summed E-state index contributed by atoms with van der Waals surface area (Å²) in [6.45, 7) is 5.80. The third-order valence-corrected chi connectivity index (χ3v) is 3.50. The molecule has 0 saturated heterocycles. The number of carbonyl (C=O) groups excluding carboxylic acids is 1. The van der Waals surface area contributed by atoms with Crippen LogP contribution in [-0.2, 0) is 17.9 Å². The first-order valence-corrected chi connectivity index (χ1v) is 6.66. The quantitative estimate of drug-likeness (QED) is 0.893. The number of aliphatic hydroxyl groups excluding tert-OH is 1. The predicted molar refractivity (Wildman–Crippen MR) is 75.8 cm³/mol. The Balaban J connectivity index is 2.29. The Labute approximate surface area is 113 Å². The number of rotatable bonds is 5. The van der Waals surface area contributed by atoms with Gasteiger partial charge in [0.2, 0.25) is 5.91 Å². The third kappa shape index (κ3) is 2.63. The van der Waals surface area contributed by atoms with Gasteiger partial charge in [-0.3, -0.25) is 4.79 Å². The van der Waals surface area contributed by atoms with Gasteiger partial charge in [0.15, 0.2) is 0 Å². The van der Waals surface area contributed by atoms with E-state index in [1.807, 2.05) is 53.8 Å². The van der Waals surface area contributed by atoms with Crippen LogP contribution in [0.2, 0.25) is 0 Å². The Hall–Kier alpha value is -1.81. The zero-order valence-corrected chi connectivity index (χ0v) is 11.5. The number of carbonyl (C=O) groups is 1. The molecule has 0 fully saturated rings. The van der Waals surface area contributed by atoms with Crippen LogP contribution >= 0.6 is 0 Å². The maximum Gasteiger partial charge on any atom is 0.242 e. The van der Waals surface area contributed by atoms with Gasteiger partial charge in [0, 0.05) is 30.2 Å². The van der Waals surface area contributed by atoms with Gasteiger partial charge in [-0.05, 0) is 31.5 Å². The van der Waals surface area contributed by atoms with Crippen molar-refractivity contribution in [2.24, 2.45) is 0 Å². The van der Waals surface area contributed by atoms with Crippen LogP contribution in [0, 0.1) is 0 Å². The Bertz CT molecular complexity index is 571. The van der Waals surface area contributed by atoms with Crippen LogP contribution in [0.5, 0.6) is 0 Å². The van der Waals surface area contributed by atoms with Crippen LogP contribution in [0.25, 0.3) is 10.9 Å². The summed E-state index contributed by atoms with van der Waals surface area (Å²) in [6.07, 6.45) is 1.91. The lowest BCUT2D eigenvalue weighted by Crippen LogP contribution is -2.33. The van der Waals surface area contributed by atoms with E-state index in [1.54, 1.807) is 0 Å². The van der Waals surface area contributed by atoms with Crippen molar-refractivity contribution < 1.29 is 9.90 Å². The van der Waals surface area contributed by atoms with E-state index in [0.717, 1.165) is 29.6 Å². The van der Waals surface area contributed by atoms with Crippen LogP contribution in [0.15, 0.2) is 30.5 Å². The van der Waals surface area contributed by atoms with Gasteiger partial charge in [-0.2, -0.15) is 0 Å². The van der Waals surface area contributed by atoms with E-state index in [9.17, 15) is 9.90 Å². The van der Waals surface area contributed by atoms with Crippen molar-refractivity contribution in [3.05, 3.63) is 36.0 Å². The van der Waals surface area contributed by atoms with Crippen molar-refractivity contribution in [1.29, 1.82) is 0 Å². The van der Waals surface area contributed by atoms with Crippen molar-refractivity contribution in [2.45, 2.75) is 27.0 Å². The molecular weight excluding hydrogens is 240 g/mol. The maximum absolute atomic E-state index is 12.1. The summed E-state index contributed by atoms with van der Waals surface area (Å²) in [6, 6.07) is 7.74. The van der Waals surface area contributed by atoms with E-state index in [-0.39, 0.29) is 12.5 Å². The molecule has 4 heteroatoms. The summed E-state index contributed by atoms with van der Waals surface area (Å²) in [5.41, 5.74) is 1.89. The maximum atomic E-state index is 12.1. The van der Waals surface area contributed by atoms with Gasteiger partial charge in [0.25, 0.3) is 0 Å². The number of aliphatic hydroxyl groups is 1. The van der Waals surface area contributed by atoms with Gasteiger partial charge in [0.05, 0.1) is 6.61 Å². The zero-order chi connectivity index (χ0) is 13.8. The molecule has 2 aromatic rings. The van der Waals surface area contributed by atoms with Gasteiger partial charge >= 0.3 is 0 Å². The Morgan fingerprint density at radius 3 is 2.63 bits per heavy atom. The fourth-order valence-corrected chi connectivity index (χ4v) is 2.38. The molecule has 1 aromatic carbocycles. The van der Waals surface area contributed by atoms with E-state index in [1.165, 1.54) is 0 Å². The summed E-state index contributed by atoms with van der Waals surface area (Å²) in [5, 5.41) is 10.3.